The average molecular weight is 360 g/mol. The van der Waals surface area contributed by atoms with Gasteiger partial charge in [0.2, 0.25) is 0 Å². The molecule has 0 bridgehead atoms. The van der Waals surface area contributed by atoms with Gasteiger partial charge in [0, 0.05) is 0 Å². The molecule has 0 aliphatic rings. The Hall–Kier alpha value is -3.68. The van der Waals surface area contributed by atoms with E-state index in [0.717, 1.165) is 0 Å². The number of rotatable bonds is 3. The van der Waals surface area contributed by atoms with Gasteiger partial charge in [-0.1, -0.05) is 46.7 Å². The zero-order valence-electron chi connectivity index (χ0n) is 14.3. The molecule has 0 fully saturated rings. The number of carboxylic acids is 2. The maximum atomic E-state index is 10.2. The van der Waals surface area contributed by atoms with E-state index >= 15 is 0 Å². The molecule has 0 aromatic heterocycles. The highest BCUT2D eigenvalue weighted by Gasteiger charge is 1.97. The van der Waals surface area contributed by atoms with Crippen molar-refractivity contribution in [3.8, 4) is 0 Å². The van der Waals surface area contributed by atoms with E-state index in [4.69, 9.17) is 20.6 Å². The van der Waals surface area contributed by atoms with E-state index < -0.39 is 11.9 Å². The van der Waals surface area contributed by atoms with E-state index in [-0.39, 0.29) is 0 Å². The smallest absolute Gasteiger partial charge is 0.335 e. The van der Waals surface area contributed by atoms with Crippen molar-refractivity contribution in [2.24, 2.45) is 10.3 Å². The van der Waals surface area contributed by atoms with E-state index in [1.807, 2.05) is 0 Å². The molecule has 26 heavy (non-hydrogen) atoms. The van der Waals surface area contributed by atoms with Gasteiger partial charge in [0.05, 0.1) is 11.1 Å². The monoisotopic (exact) mass is 360 g/mol. The van der Waals surface area contributed by atoms with E-state index in [9.17, 15) is 9.59 Å². The molecule has 0 spiro atoms. The first-order valence-electron chi connectivity index (χ1n) is 7.27. The predicted octanol–water partition coefficient (Wildman–Crippen LogP) is 3.46. The Morgan fingerprint density at radius 3 is 1.08 bits per heavy atom. The van der Waals surface area contributed by atoms with Gasteiger partial charge in [-0.05, 0) is 38.1 Å². The van der Waals surface area contributed by atoms with Gasteiger partial charge in [0.15, 0.2) is 0 Å². The first kappa shape index (κ1) is 22.3. The Morgan fingerprint density at radius 2 is 0.923 bits per heavy atom. The molecule has 0 aliphatic heterocycles. The van der Waals surface area contributed by atoms with Gasteiger partial charge in [-0.25, -0.2) is 9.59 Å². The SMILES string of the molecule is CC(=NO)C(C)=NO.O=C(O)c1ccccc1.O=C(O)c1ccccc1. The maximum absolute atomic E-state index is 10.2. The minimum Gasteiger partial charge on any atom is -0.478 e. The molecule has 0 amide bonds. The molecule has 0 atom stereocenters. The van der Waals surface area contributed by atoms with Gasteiger partial charge >= 0.3 is 11.9 Å². The normalized spacial score (nSPS) is 10.5. The first-order valence-corrected chi connectivity index (χ1v) is 7.27. The van der Waals surface area contributed by atoms with Crippen molar-refractivity contribution in [2.75, 3.05) is 0 Å². The van der Waals surface area contributed by atoms with Gasteiger partial charge in [-0.2, -0.15) is 0 Å². The van der Waals surface area contributed by atoms with Crippen LogP contribution in [0.15, 0.2) is 71.0 Å². The number of nitrogens with zero attached hydrogens (tertiary/aromatic N) is 2. The topological polar surface area (TPSA) is 140 Å². The van der Waals surface area contributed by atoms with Crippen LogP contribution in [0.1, 0.15) is 34.6 Å². The van der Waals surface area contributed by atoms with Crippen LogP contribution in [0.4, 0.5) is 0 Å². The molecule has 0 saturated heterocycles. The summed E-state index contributed by atoms with van der Waals surface area (Å²) in [5, 5.41) is 38.4. The van der Waals surface area contributed by atoms with Crippen molar-refractivity contribution in [1.82, 2.24) is 0 Å². The third-order valence-corrected chi connectivity index (χ3v) is 2.87. The molecule has 2 aromatic carbocycles. The molecular weight excluding hydrogens is 340 g/mol. The summed E-state index contributed by atoms with van der Waals surface area (Å²) < 4.78 is 0. The van der Waals surface area contributed by atoms with Crippen molar-refractivity contribution in [3.63, 3.8) is 0 Å². The summed E-state index contributed by atoms with van der Waals surface area (Å²) in [5.41, 5.74) is 1.29. The highest BCUT2D eigenvalue weighted by atomic mass is 16.4. The van der Waals surface area contributed by atoms with Crippen LogP contribution in [0.5, 0.6) is 0 Å². The predicted molar refractivity (Wildman–Crippen MR) is 96.6 cm³/mol. The fourth-order valence-corrected chi connectivity index (χ4v) is 1.31. The molecular formula is C18H20N2O6. The molecule has 2 rings (SSSR count). The summed E-state index contributed by atoms with van der Waals surface area (Å²) in [6.45, 7) is 3.07. The zero-order chi connectivity index (χ0) is 19.9. The molecule has 138 valence electrons. The molecule has 0 radical (unpaired) electrons. The van der Waals surface area contributed by atoms with Crippen molar-refractivity contribution >= 4 is 23.4 Å². The van der Waals surface area contributed by atoms with Crippen LogP contribution in [-0.2, 0) is 0 Å². The lowest BCUT2D eigenvalue weighted by Gasteiger charge is -1.88. The second-order valence-electron chi connectivity index (χ2n) is 4.71. The van der Waals surface area contributed by atoms with Crippen LogP contribution in [0.2, 0.25) is 0 Å². The van der Waals surface area contributed by atoms with Gasteiger partial charge < -0.3 is 20.6 Å². The van der Waals surface area contributed by atoms with Crippen LogP contribution in [0.3, 0.4) is 0 Å². The lowest BCUT2D eigenvalue weighted by atomic mass is 10.2. The van der Waals surface area contributed by atoms with Crippen molar-refractivity contribution < 1.29 is 30.2 Å². The number of hydrogen-bond acceptors (Lipinski definition) is 6. The summed E-state index contributed by atoms with van der Waals surface area (Å²) in [6, 6.07) is 16.6. The highest BCUT2D eigenvalue weighted by Crippen LogP contribution is 1.96. The van der Waals surface area contributed by atoms with E-state index in [2.05, 4.69) is 10.3 Å². The van der Waals surface area contributed by atoms with Gasteiger partial charge in [-0.15, -0.1) is 0 Å². The number of benzene rings is 2. The number of oxime groups is 2. The van der Waals surface area contributed by atoms with Crippen LogP contribution in [-0.4, -0.2) is 44.0 Å². The Bertz CT molecular complexity index is 677. The third-order valence-electron chi connectivity index (χ3n) is 2.87. The number of hydrogen-bond donors (Lipinski definition) is 4. The molecule has 4 N–H and O–H groups in total. The Kier molecular flexibility index (Phi) is 10.9. The molecule has 0 unspecified atom stereocenters. The summed E-state index contributed by atoms with van der Waals surface area (Å²) in [4.78, 5) is 20.4. The second kappa shape index (κ2) is 12.7. The highest BCUT2D eigenvalue weighted by molar-refractivity contribution is 6.40. The maximum Gasteiger partial charge on any atom is 0.335 e. The lowest BCUT2D eigenvalue weighted by molar-refractivity contribution is 0.0686. The fraction of sp³-hybridized carbons (Fsp3) is 0.111. The first-order chi connectivity index (χ1) is 12.3. The number of aromatic carboxylic acids is 2. The Morgan fingerprint density at radius 1 is 0.654 bits per heavy atom. The minimum atomic E-state index is -0.879. The van der Waals surface area contributed by atoms with Crippen LogP contribution in [0, 0.1) is 0 Å². The summed E-state index contributed by atoms with van der Waals surface area (Å²) in [7, 11) is 0. The largest absolute Gasteiger partial charge is 0.478 e. The summed E-state index contributed by atoms with van der Waals surface area (Å²) in [6.07, 6.45) is 0. The summed E-state index contributed by atoms with van der Waals surface area (Å²) in [5.74, 6) is -1.76. The van der Waals surface area contributed by atoms with Crippen molar-refractivity contribution in [2.45, 2.75) is 13.8 Å². The third kappa shape index (κ3) is 9.46. The number of carboxylic acid groups (broad SMARTS) is 2. The fourth-order valence-electron chi connectivity index (χ4n) is 1.31. The standard InChI is InChI=1S/2C7H6O2.C4H8N2O2/c2*8-7(9)6-4-2-1-3-5-6;1-3(5-7)4(2)6-8/h2*1-5H,(H,8,9);7-8H,1-2H3. The van der Waals surface area contributed by atoms with E-state index in [1.54, 1.807) is 60.7 Å². The molecule has 2 aromatic rings. The number of carbonyl (C=O) groups is 2. The molecule has 0 heterocycles. The van der Waals surface area contributed by atoms with Gasteiger partial charge in [0.1, 0.15) is 11.4 Å². The summed E-state index contributed by atoms with van der Waals surface area (Å²) >= 11 is 0. The molecule has 0 aliphatic carbocycles. The van der Waals surface area contributed by atoms with E-state index in [1.165, 1.54) is 13.8 Å². The molecule has 8 heteroatoms. The lowest BCUT2D eigenvalue weighted by Crippen LogP contribution is -2.04. The van der Waals surface area contributed by atoms with Crippen LogP contribution < -0.4 is 0 Å². The van der Waals surface area contributed by atoms with Crippen LogP contribution in [0.25, 0.3) is 0 Å². The quantitative estimate of drug-likeness (QED) is 0.375. The minimum absolute atomic E-state index is 0.313. The van der Waals surface area contributed by atoms with E-state index in [0.29, 0.717) is 22.6 Å². The zero-order valence-corrected chi connectivity index (χ0v) is 14.3. The Labute approximate surface area is 150 Å². The van der Waals surface area contributed by atoms with Crippen LogP contribution >= 0.6 is 0 Å². The van der Waals surface area contributed by atoms with Gasteiger partial charge in [0.25, 0.3) is 0 Å². The molecule has 0 saturated carbocycles. The molecule has 8 nitrogen and oxygen atoms in total. The Balaban J connectivity index is 0.000000362. The second-order valence-corrected chi connectivity index (χ2v) is 4.71. The van der Waals surface area contributed by atoms with Crippen molar-refractivity contribution in [3.05, 3.63) is 71.8 Å². The van der Waals surface area contributed by atoms with Gasteiger partial charge in [-0.3, -0.25) is 0 Å². The average Bonchev–Trinajstić information content (AvgIpc) is 2.69. The van der Waals surface area contributed by atoms with Crippen molar-refractivity contribution in [1.29, 1.82) is 0 Å².